The number of rotatable bonds is 7. The van der Waals surface area contributed by atoms with Crippen LogP contribution in [0.4, 0.5) is 0 Å². The Morgan fingerprint density at radius 3 is 2.74 bits per heavy atom. The lowest BCUT2D eigenvalue weighted by molar-refractivity contribution is 0.00755. The molecule has 1 aliphatic carbocycles. The Morgan fingerprint density at radius 1 is 1.37 bits per heavy atom. The summed E-state index contributed by atoms with van der Waals surface area (Å²) in [5.41, 5.74) is 0. The van der Waals surface area contributed by atoms with Crippen LogP contribution < -0.4 is 5.32 Å². The molecule has 3 nitrogen and oxygen atoms in total. The molecule has 19 heavy (non-hydrogen) atoms. The normalized spacial score (nSPS) is 20.3. The summed E-state index contributed by atoms with van der Waals surface area (Å²) in [6.07, 6.45) is 9.66. The van der Waals surface area contributed by atoms with Gasteiger partial charge in [-0.2, -0.15) is 0 Å². The zero-order chi connectivity index (χ0) is 13.5. The van der Waals surface area contributed by atoms with Crippen molar-refractivity contribution in [2.45, 2.75) is 57.6 Å². The van der Waals surface area contributed by atoms with Crippen LogP contribution in [0.25, 0.3) is 0 Å². The van der Waals surface area contributed by atoms with Gasteiger partial charge in [0.1, 0.15) is 5.76 Å². The molecule has 0 spiro atoms. The van der Waals surface area contributed by atoms with Crippen molar-refractivity contribution in [2.75, 3.05) is 13.7 Å². The van der Waals surface area contributed by atoms with Crippen LogP contribution in [-0.4, -0.2) is 25.8 Å². The fraction of sp³-hybridized carbons (Fsp3) is 0.750. The van der Waals surface area contributed by atoms with Crippen LogP contribution in [0.2, 0.25) is 0 Å². The van der Waals surface area contributed by atoms with Crippen molar-refractivity contribution >= 4 is 0 Å². The second-order valence-electron chi connectivity index (χ2n) is 5.55. The first-order valence-electron chi connectivity index (χ1n) is 7.63. The van der Waals surface area contributed by atoms with Gasteiger partial charge in [0.15, 0.2) is 0 Å². The van der Waals surface area contributed by atoms with Crippen molar-refractivity contribution in [1.82, 2.24) is 5.32 Å². The lowest BCUT2D eigenvalue weighted by Gasteiger charge is -2.35. The molecule has 3 heteroatoms. The molecule has 0 amide bonds. The van der Waals surface area contributed by atoms with E-state index in [1.165, 1.54) is 32.1 Å². The highest BCUT2D eigenvalue weighted by molar-refractivity contribution is 5.02. The number of hydrogen-bond donors (Lipinski definition) is 1. The van der Waals surface area contributed by atoms with Gasteiger partial charge in [0, 0.05) is 19.6 Å². The van der Waals surface area contributed by atoms with Crippen LogP contribution in [0.1, 0.15) is 44.8 Å². The van der Waals surface area contributed by atoms with Crippen molar-refractivity contribution in [1.29, 1.82) is 0 Å². The highest BCUT2D eigenvalue weighted by Crippen LogP contribution is 2.30. The first-order chi connectivity index (χ1) is 9.35. The number of likely N-dealkylation sites (N-methyl/N-ethyl adjacent to an activating group) is 1. The molecule has 0 bridgehead atoms. The van der Waals surface area contributed by atoms with Crippen molar-refractivity contribution in [3.05, 3.63) is 24.2 Å². The van der Waals surface area contributed by atoms with Gasteiger partial charge in [-0.3, -0.25) is 0 Å². The third-order valence-corrected chi connectivity index (χ3v) is 4.25. The van der Waals surface area contributed by atoms with Gasteiger partial charge in [0.2, 0.25) is 0 Å². The predicted octanol–water partition coefficient (Wildman–Crippen LogP) is 3.40. The molecule has 1 N–H and O–H groups in total. The number of nitrogens with one attached hydrogen (secondary N) is 1. The number of furan rings is 1. The highest BCUT2D eigenvalue weighted by Gasteiger charge is 2.30. The molecular weight excluding hydrogens is 238 g/mol. The Labute approximate surface area is 116 Å². The molecule has 1 aromatic heterocycles. The van der Waals surface area contributed by atoms with Gasteiger partial charge in [-0.1, -0.05) is 26.2 Å². The average Bonchev–Trinajstić information content (AvgIpc) is 2.94. The maximum Gasteiger partial charge on any atom is 0.105 e. The van der Waals surface area contributed by atoms with Crippen LogP contribution in [0.15, 0.2) is 22.8 Å². The van der Waals surface area contributed by atoms with E-state index in [-0.39, 0.29) is 0 Å². The fourth-order valence-electron chi connectivity index (χ4n) is 3.36. The smallest absolute Gasteiger partial charge is 0.105 e. The van der Waals surface area contributed by atoms with Gasteiger partial charge in [-0.25, -0.2) is 0 Å². The molecule has 2 unspecified atom stereocenters. The molecule has 0 aliphatic heterocycles. The average molecular weight is 265 g/mol. The van der Waals surface area contributed by atoms with Crippen LogP contribution in [-0.2, 0) is 11.2 Å². The second-order valence-corrected chi connectivity index (χ2v) is 5.55. The van der Waals surface area contributed by atoms with Gasteiger partial charge in [0.25, 0.3) is 0 Å². The highest BCUT2D eigenvalue weighted by atomic mass is 16.5. The largest absolute Gasteiger partial charge is 0.469 e. The van der Waals surface area contributed by atoms with Gasteiger partial charge < -0.3 is 14.5 Å². The summed E-state index contributed by atoms with van der Waals surface area (Å²) < 4.78 is 11.3. The SMILES string of the molecule is CCNC(Cc1ccco1)C(OC)C1CCCCC1. The molecule has 1 fully saturated rings. The summed E-state index contributed by atoms with van der Waals surface area (Å²) in [6, 6.07) is 4.36. The first-order valence-corrected chi connectivity index (χ1v) is 7.63. The van der Waals surface area contributed by atoms with Crippen molar-refractivity contribution in [3.8, 4) is 0 Å². The van der Waals surface area contributed by atoms with E-state index in [0.717, 1.165) is 18.7 Å². The van der Waals surface area contributed by atoms with Crippen LogP contribution in [0.5, 0.6) is 0 Å². The van der Waals surface area contributed by atoms with Crippen molar-refractivity contribution in [2.24, 2.45) is 5.92 Å². The number of ether oxygens (including phenoxy) is 1. The molecule has 1 saturated carbocycles. The molecule has 1 aromatic rings. The van der Waals surface area contributed by atoms with E-state index < -0.39 is 0 Å². The van der Waals surface area contributed by atoms with E-state index in [9.17, 15) is 0 Å². The zero-order valence-corrected chi connectivity index (χ0v) is 12.2. The molecular formula is C16H27NO2. The second kappa shape index (κ2) is 7.71. The Balaban J connectivity index is 2.01. The van der Waals surface area contributed by atoms with E-state index in [1.807, 2.05) is 13.2 Å². The summed E-state index contributed by atoms with van der Waals surface area (Å²) >= 11 is 0. The Bertz CT molecular complexity index is 331. The Hall–Kier alpha value is -0.800. The summed E-state index contributed by atoms with van der Waals surface area (Å²) in [7, 11) is 1.85. The van der Waals surface area contributed by atoms with Crippen molar-refractivity contribution in [3.63, 3.8) is 0 Å². The van der Waals surface area contributed by atoms with E-state index >= 15 is 0 Å². The lowest BCUT2D eigenvalue weighted by atomic mass is 9.81. The predicted molar refractivity (Wildman–Crippen MR) is 77.2 cm³/mol. The van der Waals surface area contributed by atoms with E-state index in [1.54, 1.807) is 6.26 Å². The van der Waals surface area contributed by atoms with Gasteiger partial charge in [0.05, 0.1) is 12.4 Å². The summed E-state index contributed by atoms with van der Waals surface area (Å²) in [4.78, 5) is 0. The lowest BCUT2D eigenvalue weighted by Crippen LogP contribution is -2.46. The molecule has 1 heterocycles. The van der Waals surface area contributed by atoms with Crippen molar-refractivity contribution < 1.29 is 9.15 Å². The minimum absolute atomic E-state index is 0.297. The molecule has 108 valence electrons. The Kier molecular flexibility index (Phi) is 5.93. The van der Waals surface area contributed by atoms with Crippen LogP contribution in [0, 0.1) is 5.92 Å². The maximum absolute atomic E-state index is 5.85. The van der Waals surface area contributed by atoms with E-state index in [0.29, 0.717) is 18.1 Å². The minimum Gasteiger partial charge on any atom is -0.469 e. The Morgan fingerprint density at radius 2 is 2.16 bits per heavy atom. The van der Waals surface area contributed by atoms with Gasteiger partial charge in [-0.05, 0) is 37.4 Å². The molecule has 2 rings (SSSR count). The molecule has 0 radical (unpaired) electrons. The molecule has 0 saturated heterocycles. The zero-order valence-electron chi connectivity index (χ0n) is 12.2. The summed E-state index contributed by atoms with van der Waals surface area (Å²) in [6.45, 7) is 3.13. The van der Waals surface area contributed by atoms with E-state index in [4.69, 9.17) is 9.15 Å². The maximum atomic E-state index is 5.85. The topological polar surface area (TPSA) is 34.4 Å². The fourth-order valence-corrected chi connectivity index (χ4v) is 3.36. The van der Waals surface area contributed by atoms with Crippen LogP contribution in [0.3, 0.4) is 0 Å². The standard InChI is InChI=1S/C16H27NO2/c1-3-17-15(12-14-10-7-11-19-14)16(18-2)13-8-5-4-6-9-13/h7,10-11,13,15-17H,3-6,8-9,12H2,1-2H3. The quantitative estimate of drug-likeness (QED) is 0.820. The van der Waals surface area contributed by atoms with Gasteiger partial charge in [-0.15, -0.1) is 0 Å². The molecule has 1 aliphatic rings. The number of hydrogen-bond acceptors (Lipinski definition) is 3. The van der Waals surface area contributed by atoms with Gasteiger partial charge >= 0.3 is 0 Å². The third-order valence-electron chi connectivity index (χ3n) is 4.25. The summed E-state index contributed by atoms with van der Waals surface area (Å²) in [5, 5.41) is 3.58. The minimum atomic E-state index is 0.297. The third kappa shape index (κ3) is 4.08. The van der Waals surface area contributed by atoms with E-state index in [2.05, 4.69) is 18.3 Å². The molecule has 2 atom stereocenters. The summed E-state index contributed by atoms with van der Waals surface area (Å²) in [5.74, 6) is 1.74. The monoisotopic (exact) mass is 265 g/mol. The molecule has 0 aromatic carbocycles. The first kappa shape index (κ1) is 14.6. The van der Waals surface area contributed by atoms with Crippen LogP contribution >= 0.6 is 0 Å². The number of methoxy groups -OCH3 is 1.